The highest BCUT2D eigenvalue weighted by Gasteiger charge is 2.26. The average Bonchev–Trinajstić information content (AvgIpc) is 2.67. The van der Waals surface area contributed by atoms with E-state index in [9.17, 15) is 4.79 Å². The highest BCUT2D eigenvalue weighted by Crippen LogP contribution is 2.29. The van der Waals surface area contributed by atoms with Crippen LogP contribution in [0.4, 0.5) is 5.69 Å². The van der Waals surface area contributed by atoms with Crippen molar-refractivity contribution in [3.8, 4) is 0 Å². The molecule has 120 valence electrons. The van der Waals surface area contributed by atoms with Crippen LogP contribution in [-0.2, 0) is 0 Å². The molecule has 3 rings (SSSR count). The summed E-state index contributed by atoms with van der Waals surface area (Å²) in [7, 11) is 0. The predicted octanol–water partition coefficient (Wildman–Crippen LogP) is 5.36. The van der Waals surface area contributed by atoms with Crippen molar-refractivity contribution in [1.29, 1.82) is 0 Å². The third kappa shape index (κ3) is 3.72. The topological polar surface area (TPSA) is 29.1 Å². The Hall–Kier alpha value is -2.87. The number of benzene rings is 3. The summed E-state index contributed by atoms with van der Waals surface area (Å²) in [5.41, 5.74) is 2.87. The van der Waals surface area contributed by atoms with E-state index in [1.165, 1.54) is 0 Å². The van der Waals surface area contributed by atoms with Gasteiger partial charge in [-0.15, -0.1) is 0 Å². The summed E-state index contributed by atoms with van der Waals surface area (Å²) >= 11 is 0. The third-order valence-electron chi connectivity index (χ3n) is 4.23. The van der Waals surface area contributed by atoms with Crippen LogP contribution in [0.2, 0.25) is 0 Å². The Morgan fingerprint density at radius 3 is 1.83 bits per heavy atom. The minimum absolute atomic E-state index is 0.0821. The van der Waals surface area contributed by atoms with Gasteiger partial charge in [0.15, 0.2) is 5.78 Å². The summed E-state index contributed by atoms with van der Waals surface area (Å²) in [6.45, 7) is 1.99. The molecule has 0 aromatic heterocycles. The van der Waals surface area contributed by atoms with Gasteiger partial charge in [0.2, 0.25) is 0 Å². The standard InChI is InChI=1S/C22H21NO/c1-17(22(24)19-13-7-3-8-14-19)21(18-11-5-2-6-12-18)23-20-15-9-4-10-16-20/h2-17,21,23H,1H3. The molecule has 2 unspecified atom stereocenters. The Morgan fingerprint density at radius 2 is 1.25 bits per heavy atom. The molecule has 3 aromatic carbocycles. The monoisotopic (exact) mass is 315 g/mol. The van der Waals surface area contributed by atoms with Gasteiger partial charge in [-0.1, -0.05) is 85.8 Å². The lowest BCUT2D eigenvalue weighted by Gasteiger charge is -2.26. The first-order valence-electron chi connectivity index (χ1n) is 8.21. The molecule has 0 heterocycles. The van der Waals surface area contributed by atoms with Crippen molar-refractivity contribution in [2.24, 2.45) is 5.92 Å². The summed E-state index contributed by atoms with van der Waals surface area (Å²) in [5, 5.41) is 3.52. The number of hydrogen-bond donors (Lipinski definition) is 1. The maximum absolute atomic E-state index is 12.9. The van der Waals surface area contributed by atoms with Crippen molar-refractivity contribution in [1.82, 2.24) is 0 Å². The fraction of sp³-hybridized carbons (Fsp3) is 0.136. The molecule has 0 aliphatic carbocycles. The van der Waals surface area contributed by atoms with Crippen LogP contribution in [0.15, 0.2) is 91.0 Å². The van der Waals surface area contributed by atoms with Gasteiger partial charge in [-0.2, -0.15) is 0 Å². The van der Waals surface area contributed by atoms with E-state index in [1.807, 2.05) is 85.8 Å². The Morgan fingerprint density at radius 1 is 0.750 bits per heavy atom. The molecule has 0 saturated heterocycles. The number of ketones is 1. The lowest BCUT2D eigenvalue weighted by Crippen LogP contribution is -2.25. The second-order valence-electron chi connectivity index (χ2n) is 5.92. The Labute approximate surface area is 143 Å². The fourth-order valence-corrected chi connectivity index (χ4v) is 2.89. The fourth-order valence-electron chi connectivity index (χ4n) is 2.89. The summed E-state index contributed by atoms with van der Waals surface area (Å²) in [6, 6.07) is 29.6. The van der Waals surface area contributed by atoms with Gasteiger partial charge < -0.3 is 5.32 Å². The number of carbonyl (C=O) groups is 1. The van der Waals surface area contributed by atoms with Crippen LogP contribution in [0.25, 0.3) is 0 Å². The van der Waals surface area contributed by atoms with Crippen molar-refractivity contribution in [3.05, 3.63) is 102 Å². The van der Waals surface area contributed by atoms with Gasteiger partial charge in [0.05, 0.1) is 6.04 Å². The maximum atomic E-state index is 12.9. The van der Waals surface area contributed by atoms with E-state index in [0.717, 1.165) is 16.8 Å². The van der Waals surface area contributed by atoms with Crippen LogP contribution in [-0.4, -0.2) is 5.78 Å². The molecule has 1 N–H and O–H groups in total. The second kappa shape index (κ2) is 7.60. The maximum Gasteiger partial charge on any atom is 0.168 e. The van der Waals surface area contributed by atoms with Crippen molar-refractivity contribution in [3.63, 3.8) is 0 Å². The second-order valence-corrected chi connectivity index (χ2v) is 5.92. The molecular formula is C22H21NO. The van der Waals surface area contributed by atoms with Gasteiger partial charge >= 0.3 is 0 Å². The Balaban J connectivity index is 1.90. The van der Waals surface area contributed by atoms with Crippen LogP contribution >= 0.6 is 0 Å². The van der Waals surface area contributed by atoms with E-state index in [4.69, 9.17) is 0 Å². The summed E-state index contributed by atoms with van der Waals surface area (Å²) < 4.78 is 0. The van der Waals surface area contributed by atoms with Gasteiger partial charge in [0.25, 0.3) is 0 Å². The first-order valence-corrected chi connectivity index (χ1v) is 8.21. The van der Waals surface area contributed by atoms with Crippen molar-refractivity contribution < 1.29 is 4.79 Å². The quantitative estimate of drug-likeness (QED) is 0.620. The minimum atomic E-state index is -0.185. The van der Waals surface area contributed by atoms with Crippen molar-refractivity contribution >= 4 is 11.5 Å². The molecular weight excluding hydrogens is 294 g/mol. The van der Waals surface area contributed by atoms with E-state index < -0.39 is 0 Å². The normalized spacial score (nSPS) is 13.0. The van der Waals surface area contributed by atoms with E-state index >= 15 is 0 Å². The lowest BCUT2D eigenvalue weighted by molar-refractivity contribution is 0.0917. The molecule has 3 aromatic rings. The van der Waals surface area contributed by atoms with Crippen LogP contribution < -0.4 is 5.32 Å². The molecule has 0 spiro atoms. The molecule has 2 atom stereocenters. The zero-order valence-electron chi connectivity index (χ0n) is 13.7. The van der Waals surface area contributed by atoms with Crippen molar-refractivity contribution in [2.75, 3.05) is 5.32 Å². The molecule has 0 fully saturated rings. The summed E-state index contributed by atoms with van der Waals surface area (Å²) in [6.07, 6.45) is 0. The SMILES string of the molecule is CC(C(=O)c1ccccc1)C(Nc1ccccc1)c1ccccc1. The molecule has 2 heteroatoms. The Kier molecular flexibility index (Phi) is 5.07. The molecule has 24 heavy (non-hydrogen) atoms. The number of Topliss-reactive ketones (excluding diaryl/α,β-unsaturated/α-hetero) is 1. The molecule has 0 aliphatic heterocycles. The first-order chi connectivity index (χ1) is 11.8. The molecule has 2 nitrogen and oxygen atoms in total. The Bertz CT molecular complexity index is 769. The van der Waals surface area contributed by atoms with Crippen LogP contribution in [0, 0.1) is 5.92 Å². The number of nitrogens with one attached hydrogen (secondary N) is 1. The highest BCUT2D eigenvalue weighted by atomic mass is 16.1. The van der Waals surface area contributed by atoms with Gasteiger partial charge in [0, 0.05) is 17.2 Å². The van der Waals surface area contributed by atoms with Gasteiger partial charge in [-0.25, -0.2) is 0 Å². The molecule has 0 aliphatic rings. The zero-order valence-corrected chi connectivity index (χ0v) is 13.7. The molecule has 0 bridgehead atoms. The van der Waals surface area contributed by atoms with E-state index in [1.54, 1.807) is 0 Å². The third-order valence-corrected chi connectivity index (χ3v) is 4.23. The molecule has 0 radical (unpaired) electrons. The largest absolute Gasteiger partial charge is 0.378 e. The number of para-hydroxylation sites is 1. The summed E-state index contributed by atoms with van der Waals surface area (Å²) in [4.78, 5) is 12.9. The molecule has 0 amide bonds. The predicted molar refractivity (Wildman–Crippen MR) is 99.2 cm³/mol. The van der Waals surface area contributed by atoms with E-state index in [0.29, 0.717) is 0 Å². The zero-order chi connectivity index (χ0) is 16.8. The number of anilines is 1. The van der Waals surface area contributed by atoms with Crippen LogP contribution in [0.3, 0.4) is 0 Å². The summed E-state index contributed by atoms with van der Waals surface area (Å²) in [5.74, 6) is -0.0390. The smallest absolute Gasteiger partial charge is 0.168 e. The van der Waals surface area contributed by atoms with Crippen molar-refractivity contribution in [2.45, 2.75) is 13.0 Å². The van der Waals surface area contributed by atoms with Gasteiger partial charge in [-0.3, -0.25) is 4.79 Å². The van der Waals surface area contributed by atoms with Gasteiger partial charge in [-0.05, 0) is 17.7 Å². The first kappa shape index (κ1) is 16.0. The van der Waals surface area contributed by atoms with E-state index in [-0.39, 0.29) is 17.7 Å². The number of hydrogen-bond acceptors (Lipinski definition) is 2. The highest BCUT2D eigenvalue weighted by molar-refractivity contribution is 5.98. The van der Waals surface area contributed by atoms with Crippen LogP contribution in [0.1, 0.15) is 28.9 Å². The average molecular weight is 315 g/mol. The molecule has 0 saturated carbocycles. The van der Waals surface area contributed by atoms with E-state index in [2.05, 4.69) is 17.4 Å². The minimum Gasteiger partial charge on any atom is -0.378 e. The lowest BCUT2D eigenvalue weighted by atomic mass is 9.88. The number of rotatable bonds is 6. The van der Waals surface area contributed by atoms with Gasteiger partial charge in [0.1, 0.15) is 0 Å². The number of carbonyl (C=O) groups excluding carboxylic acids is 1. The van der Waals surface area contributed by atoms with Crippen LogP contribution in [0.5, 0.6) is 0 Å².